The zero-order chi connectivity index (χ0) is 8.89. The van der Waals surface area contributed by atoms with E-state index in [-0.39, 0.29) is 5.60 Å². The Morgan fingerprint density at radius 3 is 1.77 bits per heavy atom. The minimum absolute atomic E-state index is 0.203. The van der Waals surface area contributed by atoms with Gasteiger partial charge in [0.2, 0.25) is 0 Å². The SMILES string of the molecule is OC(CC1CCC1)(C1CC1)C1CC1. The lowest BCUT2D eigenvalue weighted by molar-refractivity contribution is -0.0366. The molecule has 13 heavy (non-hydrogen) atoms. The van der Waals surface area contributed by atoms with Crippen molar-refractivity contribution in [3.8, 4) is 0 Å². The van der Waals surface area contributed by atoms with Crippen molar-refractivity contribution in [3.63, 3.8) is 0 Å². The van der Waals surface area contributed by atoms with Crippen LogP contribution in [0.1, 0.15) is 51.4 Å². The molecule has 0 bridgehead atoms. The van der Waals surface area contributed by atoms with E-state index in [0.717, 1.165) is 12.3 Å². The van der Waals surface area contributed by atoms with Crippen molar-refractivity contribution in [2.24, 2.45) is 17.8 Å². The number of aliphatic hydroxyl groups is 1. The Morgan fingerprint density at radius 2 is 1.46 bits per heavy atom. The Morgan fingerprint density at radius 1 is 0.923 bits per heavy atom. The molecule has 0 heterocycles. The molecular weight excluding hydrogens is 160 g/mol. The summed E-state index contributed by atoms with van der Waals surface area (Å²) in [6, 6.07) is 0. The van der Waals surface area contributed by atoms with Gasteiger partial charge in [-0.3, -0.25) is 0 Å². The molecule has 0 unspecified atom stereocenters. The molecule has 0 amide bonds. The van der Waals surface area contributed by atoms with Crippen LogP contribution in [0.2, 0.25) is 0 Å². The zero-order valence-electron chi connectivity index (χ0n) is 8.34. The van der Waals surface area contributed by atoms with Gasteiger partial charge in [-0.15, -0.1) is 0 Å². The molecule has 0 radical (unpaired) electrons. The zero-order valence-corrected chi connectivity index (χ0v) is 8.34. The van der Waals surface area contributed by atoms with Gasteiger partial charge in [0.1, 0.15) is 0 Å². The summed E-state index contributed by atoms with van der Waals surface area (Å²) in [5, 5.41) is 10.6. The van der Waals surface area contributed by atoms with Gasteiger partial charge >= 0.3 is 0 Å². The third-order valence-electron chi connectivity index (χ3n) is 4.41. The molecule has 74 valence electrons. The summed E-state index contributed by atoms with van der Waals surface area (Å²) in [6.45, 7) is 0. The second-order valence-corrected chi connectivity index (χ2v) is 5.54. The highest BCUT2D eigenvalue weighted by Gasteiger charge is 2.53. The van der Waals surface area contributed by atoms with Crippen molar-refractivity contribution < 1.29 is 5.11 Å². The van der Waals surface area contributed by atoms with Crippen LogP contribution in [0.15, 0.2) is 0 Å². The lowest BCUT2D eigenvalue weighted by atomic mass is 9.74. The van der Waals surface area contributed by atoms with Gasteiger partial charge in [-0.05, 0) is 49.9 Å². The average molecular weight is 180 g/mol. The van der Waals surface area contributed by atoms with E-state index in [1.807, 2.05) is 0 Å². The molecule has 0 aromatic heterocycles. The third kappa shape index (κ3) is 1.41. The molecule has 1 heteroatoms. The summed E-state index contributed by atoms with van der Waals surface area (Å²) in [7, 11) is 0. The minimum atomic E-state index is -0.203. The van der Waals surface area contributed by atoms with Gasteiger partial charge in [0.05, 0.1) is 5.60 Å². The van der Waals surface area contributed by atoms with E-state index in [2.05, 4.69) is 0 Å². The number of hydrogen-bond acceptors (Lipinski definition) is 1. The predicted molar refractivity (Wildman–Crippen MR) is 52.4 cm³/mol. The third-order valence-corrected chi connectivity index (χ3v) is 4.41. The van der Waals surface area contributed by atoms with Crippen molar-refractivity contribution in [2.45, 2.75) is 57.0 Å². The van der Waals surface area contributed by atoms with Crippen LogP contribution in [0.5, 0.6) is 0 Å². The smallest absolute Gasteiger partial charge is 0.0706 e. The molecule has 3 saturated carbocycles. The largest absolute Gasteiger partial charge is 0.389 e. The van der Waals surface area contributed by atoms with Crippen molar-refractivity contribution in [1.29, 1.82) is 0 Å². The maximum absolute atomic E-state index is 10.6. The normalized spacial score (nSPS) is 30.2. The first-order valence-corrected chi connectivity index (χ1v) is 6.01. The van der Waals surface area contributed by atoms with Crippen LogP contribution < -0.4 is 0 Å². The maximum Gasteiger partial charge on any atom is 0.0706 e. The van der Waals surface area contributed by atoms with Crippen LogP contribution in [0.4, 0.5) is 0 Å². The van der Waals surface area contributed by atoms with E-state index in [1.165, 1.54) is 44.9 Å². The first kappa shape index (κ1) is 8.28. The second-order valence-electron chi connectivity index (χ2n) is 5.54. The first-order valence-electron chi connectivity index (χ1n) is 6.01. The lowest BCUT2D eigenvalue weighted by Crippen LogP contribution is -2.38. The van der Waals surface area contributed by atoms with E-state index >= 15 is 0 Å². The number of hydrogen-bond donors (Lipinski definition) is 1. The molecule has 1 N–H and O–H groups in total. The summed E-state index contributed by atoms with van der Waals surface area (Å²) < 4.78 is 0. The van der Waals surface area contributed by atoms with Crippen LogP contribution in [0.3, 0.4) is 0 Å². The fraction of sp³-hybridized carbons (Fsp3) is 1.00. The van der Waals surface area contributed by atoms with Gasteiger partial charge in [0.25, 0.3) is 0 Å². The van der Waals surface area contributed by atoms with Gasteiger partial charge in [-0.25, -0.2) is 0 Å². The molecule has 3 aliphatic rings. The molecule has 0 spiro atoms. The Labute approximate surface area is 80.5 Å². The van der Waals surface area contributed by atoms with E-state index in [4.69, 9.17) is 0 Å². The van der Waals surface area contributed by atoms with Gasteiger partial charge in [0, 0.05) is 0 Å². The van der Waals surface area contributed by atoms with Crippen LogP contribution in [-0.4, -0.2) is 10.7 Å². The van der Waals surface area contributed by atoms with Gasteiger partial charge in [0.15, 0.2) is 0 Å². The molecule has 1 nitrogen and oxygen atoms in total. The quantitative estimate of drug-likeness (QED) is 0.705. The first-order chi connectivity index (χ1) is 6.29. The topological polar surface area (TPSA) is 20.2 Å². The van der Waals surface area contributed by atoms with E-state index in [9.17, 15) is 5.11 Å². The molecule has 0 atom stereocenters. The minimum Gasteiger partial charge on any atom is -0.389 e. The summed E-state index contributed by atoms with van der Waals surface area (Å²) in [5.41, 5.74) is -0.203. The highest BCUT2D eigenvalue weighted by atomic mass is 16.3. The monoisotopic (exact) mass is 180 g/mol. The van der Waals surface area contributed by atoms with Crippen LogP contribution >= 0.6 is 0 Å². The Balaban J connectivity index is 1.66. The summed E-state index contributed by atoms with van der Waals surface area (Å²) in [6.07, 6.45) is 10.6. The maximum atomic E-state index is 10.6. The van der Waals surface area contributed by atoms with Crippen molar-refractivity contribution in [1.82, 2.24) is 0 Å². The predicted octanol–water partition coefficient (Wildman–Crippen LogP) is 2.73. The van der Waals surface area contributed by atoms with Gasteiger partial charge in [-0.1, -0.05) is 19.3 Å². The summed E-state index contributed by atoms with van der Waals surface area (Å²) >= 11 is 0. The molecule has 0 aromatic carbocycles. The molecule has 3 aliphatic carbocycles. The van der Waals surface area contributed by atoms with Crippen LogP contribution in [0.25, 0.3) is 0 Å². The van der Waals surface area contributed by atoms with E-state index < -0.39 is 0 Å². The van der Waals surface area contributed by atoms with Gasteiger partial charge < -0.3 is 5.11 Å². The standard InChI is InChI=1S/C12H20O/c13-12(10-4-5-10,11-6-7-11)8-9-2-1-3-9/h9-11,13H,1-8H2. The Kier molecular flexibility index (Phi) is 1.74. The lowest BCUT2D eigenvalue weighted by Gasteiger charge is -2.36. The molecule has 0 saturated heterocycles. The molecule has 3 rings (SSSR count). The molecule has 0 aliphatic heterocycles. The fourth-order valence-corrected chi connectivity index (χ4v) is 2.99. The second kappa shape index (κ2) is 2.73. The van der Waals surface area contributed by atoms with Crippen LogP contribution in [-0.2, 0) is 0 Å². The average Bonchev–Trinajstić information content (AvgIpc) is 2.87. The highest BCUT2D eigenvalue weighted by Crippen LogP contribution is 2.56. The van der Waals surface area contributed by atoms with Crippen molar-refractivity contribution in [3.05, 3.63) is 0 Å². The Hall–Kier alpha value is -0.0400. The van der Waals surface area contributed by atoms with Crippen molar-refractivity contribution >= 4 is 0 Å². The summed E-state index contributed by atoms with van der Waals surface area (Å²) in [4.78, 5) is 0. The molecule has 0 aromatic rings. The van der Waals surface area contributed by atoms with E-state index in [0.29, 0.717) is 11.8 Å². The Bertz CT molecular complexity index is 187. The van der Waals surface area contributed by atoms with Gasteiger partial charge in [-0.2, -0.15) is 0 Å². The number of rotatable bonds is 4. The summed E-state index contributed by atoms with van der Waals surface area (Å²) in [5.74, 6) is 2.27. The molecular formula is C12H20O. The van der Waals surface area contributed by atoms with Crippen molar-refractivity contribution in [2.75, 3.05) is 0 Å². The van der Waals surface area contributed by atoms with Crippen LogP contribution in [0, 0.1) is 17.8 Å². The highest BCUT2D eigenvalue weighted by molar-refractivity contribution is 5.05. The molecule has 3 fully saturated rings. The fourth-order valence-electron chi connectivity index (χ4n) is 2.99. The van der Waals surface area contributed by atoms with E-state index in [1.54, 1.807) is 0 Å².